The molecule has 3 aromatic rings. The smallest absolute Gasteiger partial charge is 0.312 e. The highest BCUT2D eigenvalue weighted by molar-refractivity contribution is 6.30. The van der Waals surface area contributed by atoms with Crippen LogP contribution in [0.5, 0.6) is 0 Å². The van der Waals surface area contributed by atoms with Gasteiger partial charge in [-0.25, -0.2) is 4.39 Å². The Labute approximate surface area is 212 Å². The van der Waals surface area contributed by atoms with E-state index in [-0.39, 0.29) is 24.4 Å². The average Bonchev–Trinajstić information content (AvgIpc) is 2.85. The topological polar surface area (TPSA) is 61.5 Å². The summed E-state index contributed by atoms with van der Waals surface area (Å²) in [6, 6.07) is 21.4. The van der Waals surface area contributed by atoms with Crippen LogP contribution in [-0.4, -0.2) is 25.2 Å². The van der Waals surface area contributed by atoms with Gasteiger partial charge in [-0.2, -0.15) is 0 Å². The van der Waals surface area contributed by atoms with E-state index in [9.17, 15) is 9.18 Å². The highest BCUT2D eigenvalue weighted by atomic mass is 35.5. The number of benzene rings is 3. The van der Waals surface area contributed by atoms with Crippen LogP contribution in [0.1, 0.15) is 37.8 Å². The zero-order chi connectivity index (χ0) is 25.3. The van der Waals surface area contributed by atoms with Crippen LogP contribution < -0.4 is 5.73 Å². The Hall–Kier alpha value is -2.73. The lowest BCUT2D eigenvalue weighted by molar-refractivity contribution is -0.158. The molecule has 2 atom stereocenters. The Morgan fingerprint density at radius 3 is 2.46 bits per heavy atom. The number of ether oxygens (including phenoxy) is 2. The van der Waals surface area contributed by atoms with E-state index in [2.05, 4.69) is 0 Å². The number of nitrogens with two attached hydrogens (primary N) is 1. The van der Waals surface area contributed by atoms with Crippen LogP contribution in [0.2, 0.25) is 5.02 Å². The van der Waals surface area contributed by atoms with Gasteiger partial charge in [0.05, 0.1) is 5.41 Å². The van der Waals surface area contributed by atoms with Gasteiger partial charge in [-0.15, -0.1) is 0 Å². The molecular weight excluding hydrogens is 465 g/mol. The summed E-state index contributed by atoms with van der Waals surface area (Å²) in [7, 11) is 0. The highest BCUT2D eigenvalue weighted by Crippen LogP contribution is 2.31. The minimum Gasteiger partial charge on any atom is -0.460 e. The summed E-state index contributed by atoms with van der Waals surface area (Å²) < 4.78 is 25.4. The minimum absolute atomic E-state index is 0.223. The van der Waals surface area contributed by atoms with E-state index in [0.29, 0.717) is 43.1 Å². The molecule has 3 rings (SSSR count). The molecule has 6 heteroatoms. The van der Waals surface area contributed by atoms with Gasteiger partial charge in [0.25, 0.3) is 0 Å². The lowest BCUT2D eigenvalue weighted by Crippen LogP contribution is -2.38. The van der Waals surface area contributed by atoms with E-state index in [0.717, 1.165) is 16.7 Å². The van der Waals surface area contributed by atoms with Gasteiger partial charge in [-0.3, -0.25) is 4.79 Å². The van der Waals surface area contributed by atoms with E-state index in [1.54, 1.807) is 6.07 Å². The number of hydrogen-bond acceptors (Lipinski definition) is 4. The first-order valence-electron chi connectivity index (χ1n) is 11.9. The molecule has 0 unspecified atom stereocenters. The van der Waals surface area contributed by atoms with Crippen molar-refractivity contribution in [2.45, 2.75) is 45.8 Å². The largest absolute Gasteiger partial charge is 0.460 e. The molecule has 0 heterocycles. The number of halogens is 2. The van der Waals surface area contributed by atoms with Crippen molar-refractivity contribution >= 4 is 17.6 Å². The number of esters is 1. The zero-order valence-electron chi connectivity index (χ0n) is 20.3. The Bertz CT molecular complexity index is 1090. The van der Waals surface area contributed by atoms with Gasteiger partial charge in [0, 0.05) is 29.8 Å². The third-order valence-electron chi connectivity index (χ3n) is 6.11. The SMILES string of the molecule is CCOCC[C@](C)(C[C@H](N)Cc1ccc(-c2cc(Cl)ccc2F)cc1)C(=O)OCc1ccccc1. The molecule has 0 bridgehead atoms. The van der Waals surface area contributed by atoms with E-state index < -0.39 is 5.41 Å². The van der Waals surface area contributed by atoms with Crippen LogP contribution in [0.4, 0.5) is 4.39 Å². The molecule has 0 saturated carbocycles. The van der Waals surface area contributed by atoms with Crippen molar-refractivity contribution in [2.75, 3.05) is 13.2 Å². The van der Waals surface area contributed by atoms with Crippen molar-refractivity contribution in [2.24, 2.45) is 11.1 Å². The molecule has 2 N–H and O–H groups in total. The molecular formula is C29H33ClFNO3. The fourth-order valence-corrected chi connectivity index (χ4v) is 4.29. The van der Waals surface area contributed by atoms with Crippen LogP contribution in [0.25, 0.3) is 11.1 Å². The van der Waals surface area contributed by atoms with Gasteiger partial charge < -0.3 is 15.2 Å². The molecule has 0 radical (unpaired) electrons. The van der Waals surface area contributed by atoms with Gasteiger partial charge in [0.1, 0.15) is 12.4 Å². The molecule has 4 nitrogen and oxygen atoms in total. The predicted molar refractivity (Wildman–Crippen MR) is 139 cm³/mol. The average molecular weight is 498 g/mol. The molecule has 35 heavy (non-hydrogen) atoms. The highest BCUT2D eigenvalue weighted by Gasteiger charge is 2.36. The monoisotopic (exact) mass is 497 g/mol. The molecule has 0 aliphatic heterocycles. The second-order valence-corrected chi connectivity index (χ2v) is 9.50. The molecule has 186 valence electrons. The third kappa shape index (κ3) is 7.89. The number of carbonyl (C=O) groups excluding carboxylic acids is 1. The maximum absolute atomic E-state index is 14.2. The summed E-state index contributed by atoms with van der Waals surface area (Å²) in [6.45, 7) is 5.08. The van der Waals surface area contributed by atoms with E-state index in [4.69, 9.17) is 26.8 Å². The van der Waals surface area contributed by atoms with Gasteiger partial charge in [0.15, 0.2) is 0 Å². The van der Waals surface area contributed by atoms with Crippen LogP contribution in [0, 0.1) is 11.2 Å². The maximum Gasteiger partial charge on any atom is 0.312 e. The first kappa shape index (κ1) is 26.9. The summed E-state index contributed by atoms with van der Waals surface area (Å²) >= 11 is 6.03. The summed E-state index contributed by atoms with van der Waals surface area (Å²) in [5, 5.41) is 0.484. The van der Waals surface area contributed by atoms with Crippen LogP contribution in [0.15, 0.2) is 72.8 Å². The van der Waals surface area contributed by atoms with Crippen molar-refractivity contribution in [1.82, 2.24) is 0 Å². The Morgan fingerprint density at radius 1 is 1.06 bits per heavy atom. The molecule has 0 spiro atoms. The Morgan fingerprint density at radius 2 is 1.77 bits per heavy atom. The lowest BCUT2D eigenvalue weighted by Gasteiger charge is -2.30. The number of rotatable bonds is 12. The maximum atomic E-state index is 14.2. The van der Waals surface area contributed by atoms with Crippen molar-refractivity contribution in [3.05, 3.63) is 94.8 Å². The molecule has 0 amide bonds. The standard InChI is InChI=1S/C29H33ClFNO3/c1-3-34-16-15-29(2,28(33)35-20-22-7-5-4-6-8-22)19-25(32)17-21-9-11-23(12-10-21)26-18-24(30)13-14-27(26)31/h4-14,18,25H,3,15-17,19-20,32H2,1-2H3/t25-,29-/m1/s1. The molecule has 3 aromatic carbocycles. The zero-order valence-corrected chi connectivity index (χ0v) is 21.1. The van der Waals surface area contributed by atoms with Gasteiger partial charge in [0.2, 0.25) is 0 Å². The first-order chi connectivity index (χ1) is 16.8. The molecule has 0 aromatic heterocycles. The molecule has 0 aliphatic rings. The summed E-state index contributed by atoms with van der Waals surface area (Å²) in [5.74, 6) is -0.596. The molecule has 0 saturated heterocycles. The van der Waals surface area contributed by atoms with E-state index in [1.807, 2.05) is 68.4 Å². The van der Waals surface area contributed by atoms with E-state index in [1.165, 1.54) is 12.1 Å². The van der Waals surface area contributed by atoms with Crippen LogP contribution >= 0.6 is 11.6 Å². The quantitative estimate of drug-likeness (QED) is 0.227. The number of carbonyl (C=O) groups is 1. The predicted octanol–water partition coefficient (Wildman–Crippen LogP) is 6.58. The second-order valence-electron chi connectivity index (χ2n) is 9.06. The third-order valence-corrected chi connectivity index (χ3v) is 6.35. The van der Waals surface area contributed by atoms with Gasteiger partial charge in [-0.1, -0.05) is 66.2 Å². The van der Waals surface area contributed by atoms with Crippen molar-refractivity contribution in [3.8, 4) is 11.1 Å². The Kier molecular flexibility index (Phi) is 9.84. The summed E-state index contributed by atoms with van der Waals surface area (Å²) in [4.78, 5) is 13.1. The Balaban J connectivity index is 1.65. The lowest BCUT2D eigenvalue weighted by atomic mass is 9.79. The molecule has 0 aliphatic carbocycles. The van der Waals surface area contributed by atoms with Crippen LogP contribution in [-0.2, 0) is 27.3 Å². The van der Waals surface area contributed by atoms with Crippen molar-refractivity contribution in [3.63, 3.8) is 0 Å². The number of hydrogen-bond donors (Lipinski definition) is 1. The summed E-state index contributed by atoms with van der Waals surface area (Å²) in [6.07, 6.45) is 1.56. The fraction of sp³-hybridized carbons (Fsp3) is 0.345. The minimum atomic E-state index is -0.771. The van der Waals surface area contributed by atoms with Crippen LogP contribution in [0.3, 0.4) is 0 Å². The first-order valence-corrected chi connectivity index (χ1v) is 12.3. The van der Waals surface area contributed by atoms with Crippen molar-refractivity contribution in [1.29, 1.82) is 0 Å². The van der Waals surface area contributed by atoms with Gasteiger partial charge in [-0.05, 0) is 68.0 Å². The normalized spacial score (nSPS) is 13.7. The van der Waals surface area contributed by atoms with Gasteiger partial charge >= 0.3 is 5.97 Å². The fourth-order valence-electron chi connectivity index (χ4n) is 4.12. The van der Waals surface area contributed by atoms with Crippen molar-refractivity contribution < 1.29 is 18.7 Å². The second kappa shape index (κ2) is 12.8. The molecule has 0 fully saturated rings. The summed E-state index contributed by atoms with van der Waals surface area (Å²) in [5.41, 5.74) is 8.88. The van der Waals surface area contributed by atoms with E-state index >= 15 is 0 Å².